The molecule has 1 heterocycles. The van der Waals surface area contributed by atoms with Crippen LogP contribution < -0.4 is 14.2 Å². The molecule has 0 aromatic heterocycles. The van der Waals surface area contributed by atoms with E-state index in [0.717, 1.165) is 16.9 Å². The largest absolute Gasteiger partial charge is 0.507 e. The number of nitrogens with zero attached hydrogens (tertiary/aromatic N) is 1. The van der Waals surface area contributed by atoms with Crippen LogP contribution in [0.4, 0.5) is 0 Å². The van der Waals surface area contributed by atoms with Crippen LogP contribution in [0.3, 0.4) is 0 Å². The highest BCUT2D eigenvalue weighted by atomic mass is 16.5. The number of amides is 1. The molecule has 41 heavy (non-hydrogen) atoms. The summed E-state index contributed by atoms with van der Waals surface area (Å²) >= 11 is 0. The Morgan fingerprint density at radius 1 is 0.976 bits per heavy atom. The van der Waals surface area contributed by atoms with Gasteiger partial charge in [0.25, 0.3) is 11.7 Å². The molecule has 0 bridgehead atoms. The maximum atomic E-state index is 13.6. The van der Waals surface area contributed by atoms with E-state index in [1.54, 1.807) is 37.4 Å². The zero-order valence-electron chi connectivity index (χ0n) is 24.9. The molecule has 3 aromatic rings. The molecule has 1 atom stereocenters. The van der Waals surface area contributed by atoms with E-state index in [9.17, 15) is 14.7 Å². The van der Waals surface area contributed by atoms with E-state index in [1.807, 2.05) is 57.2 Å². The molecular weight excluding hydrogens is 518 g/mol. The van der Waals surface area contributed by atoms with Gasteiger partial charge in [-0.05, 0) is 79.8 Å². The number of aliphatic hydroxyl groups excluding tert-OH is 1. The number of rotatable bonds is 9. The number of hydrogen-bond donors (Lipinski definition) is 1. The quantitative estimate of drug-likeness (QED) is 0.177. The van der Waals surface area contributed by atoms with Crippen LogP contribution in [-0.2, 0) is 21.5 Å². The van der Waals surface area contributed by atoms with Crippen molar-refractivity contribution in [1.82, 2.24) is 4.90 Å². The average Bonchev–Trinajstić information content (AvgIpc) is 3.18. The van der Waals surface area contributed by atoms with Gasteiger partial charge in [0.1, 0.15) is 23.0 Å². The number of aliphatic hydroxyl groups is 1. The number of benzene rings is 3. The minimum atomic E-state index is -0.818. The Bertz CT molecular complexity index is 1450. The number of methoxy groups -OCH3 is 1. The number of hydrogen-bond acceptors (Lipinski definition) is 6. The molecule has 216 valence electrons. The summed E-state index contributed by atoms with van der Waals surface area (Å²) < 4.78 is 17.0. The maximum Gasteiger partial charge on any atom is 0.295 e. The fourth-order valence-electron chi connectivity index (χ4n) is 5.04. The van der Waals surface area contributed by atoms with E-state index in [2.05, 4.69) is 20.8 Å². The first-order valence-corrected chi connectivity index (χ1v) is 13.9. The van der Waals surface area contributed by atoms with E-state index in [0.29, 0.717) is 29.2 Å². The lowest BCUT2D eigenvalue weighted by Crippen LogP contribution is -2.29. The molecule has 1 amide bonds. The number of ether oxygens (including phenoxy) is 3. The topological polar surface area (TPSA) is 85.3 Å². The first-order valence-electron chi connectivity index (χ1n) is 13.9. The smallest absolute Gasteiger partial charge is 0.295 e. The standard InChI is InChI=1S/C34H39NO6/c1-8-40-28-17-14-24(19-27(28)34(4,5)6)31(36)29-30(23-10-9-11-26(18-23)39-7)35(33(38)32(29)37)20-22-12-15-25(16-13-22)41-21(2)3/h9-19,21,30,36H,8,20H2,1-7H3/b31-29-. The summed E-state index contributed by atoms with van der Waals surface area (Å²) in [7, 11) is 1.56. The van der Waals surface area contributed by atoms with Gasteiger partial charge >= 0.3 is 0 Å². The lowest BCUT2D eigenvalue weighted by molar-refractivity contribution is -0.140. The van der Waals surface area contributed by atoms with Crippen LogP contribution in [0, 0.1) is 0 Å². The van der Waals surface area contributed by atoms with Gasteiger partial charge in [-0.3, -0.25) is 9.59 Å². The molecule has 1 fully saturated rings. The third-order valence-electron chi connectivity index (χ3n) is 6.96. The molecular formula is C34H39NO6. The monoisotopic (exact) mass is 557 g/mol. The van der Waals surface area contributed by atoms with E-state index >= 15 is 0 Å². The van der Waals surface area contributed by atoms with Crippen molar-refractivity contribution in [3.05, 3.63) is 94.6 Å². The van der Waals surface area contributed by atoms with Gasteiger partial charge in [-0.2, -0.15) is 0 Å². The second-order valence-electron chi connectivity index (χ2n) is 11.4. The molecule has 0 aliphatic carbocycles. The Labute approximate surface area is 242 Å². The molecule has 4 rings (SSSR count). The van der Waals surface area contributed by atoms with E-state index in [-0.39, 0.29) is 29.4 Å². The van der Waals surface area contributed by atoms with Crippen molar-refractivity contribution in [3.8, 4) is 17.2 Å². The van der Waals surface area contributed by atoms with Crippen LogP contribution in [0.5, 0.6) is 17.2 Å². The summed E-state index contributed by atoms with van der Waals surface area (Å²) in [6.07, 6.45) is 0.0353. The second-order valence-corrected chi connectivity index (χ2v) is 11.4. The maximum absolute atomic E-state index is 13.6. The lowest BCUT2D eigenvalue weighted by atomic mass is 9.84. The van der Waals surface area contributed by atoms with Crippen molar-refractivity contribution in [3.63, 3.8) is 0 Å². The SMILES string of the molecule is CCOc1ccc(/C(O)=C2/C(=O)C(=O)N(Cc3ccc(OC(C)C)cc3)C2c2cccc(OC)c2)cc1C(C)(C)C. The van der Waals surface area contributed by atoms with Gasteiger partial charge in [0.2, 0.25) is 0 Å². The van der Waals surface area contributed by atoms with Gasteiger partial charge in [0.05, 0.1) is 31.4 Å². The summed E-state index contributed by atoms with van der Waals surface area (Å²) in [4.78, 5) is 28.6. The van der Waals surface area contributed by atoms with Crippen LogP contribution in [0.25, 0.3) is 5.76 Å². The fourth-order valence-corrected chi connectivity index (χ4v) is 5.04. The summed E-state index contributed by atoms with van der Waals surface area (Å²) in [6, 6.07) is 19.2. The molecule has 1 aliphatic heterocycles. The summed E-state index contributed by atoms with van der Waals surface area (Å²) in [5.74, 6) is 0.379. The summed E-state index contributed by atoms with van der Waals surface area (Å²) in [6.45, 7) is 12.7. The van der Waals surface area contributed by atoms with Crippen LogP contribution in [0.15, 0.2) is 72.3 Å². The molecule has 1 N–H and O–H groups in total. The van der Waals surface area contributed by atoms with Gasteiger partial charge in [-0.1, -0.05) is 45.0 Å². The molecule has 0 saturated carbocycles. The number of ketones is 1. The summed E-state index contributed by atoms with van der Waals surface area (Å²) in [5.41, 5.74) is 2.56. The summed E-state index contributed by atoms with van der Waals surface area (Å²) in [5, 5.41) is 11.7. The van der Waals surface area contributed by atoms with Gasteiger partial charge < -0.3 is 24.2 Å². The molecule has 1 unspecified atom stereocenters. The van der Waals surface area contributed by atoms with Crippen molar-refractivity contribution in [2.45, 2.75) is 65.6 Å². The molecule has 0 spiro atoms. The van der Waals surface area contributed by atoms with E-state index in [4.69, 9.17) is 14.2 Å². The molecule has 7 nitrogen and oxygen atoms in total. The Morgan fingerprint density at radius 3 is 2.29 bits per heavy atom. The van der Waals surface area contributed by atoms with Crippen molar-refractivity contribution >= 4 is 17.4 Å². The fraction of sp³-hybridized carbons (Fsp3) is 0.353. The van der Waals surface area contributed by atoms with Gasteiger partial charge in [0, 0.05) is 17.7 Å². The minimum Gasteiger partial charge on any atom is -0.507 e. The molecule has 0 radical (unpaired) electrons. The zero-order chi connectivity index (χ0) is 29.9. The van der Waals surface area contributed by atoms with Crippen LogP contribution in [-0.4, -0.2) is 41.5 Å². The Balaban J connectivity index is 1.84. The van der Waals surface area contributed by atoms with Crippen molar-refractivity contribution in [2.24, 2.45) is 0 Å². The van der Waals surface area contributed by atoms with Crippen LogP contribution in [0.2, 0.25) is 0 Å². The highest BCUT2D eigenvalue weighted by Gasteiger charge is 2.46. The van der Waals surface area contributed by atoms with Crippen molar-refractivity contribution < 1.29 is 28.9 Å². The van der Waals surface area contributed by atoms with E-state index < -0.39 is 17.7 Å². The van der Waals surface area contributed by atoms with Crippen molar-refractivity contribution in [2.75, 3.05) is 13.7 Å². The number of Topliss-reactive ketones (excluding diaryl/α,β-unsaturated/α-hetero) is 1. The predicted molar refractivity (Wildman–Crippen MR) is 159 cm³/mol. The average molecular weight is 558 g/mol. The normalized spacial score (nSPS) is 16.8. The highest BCUT2D eigenvalue weighted by Crippen LogP contribution is 2.42. The van der Waals surface area contributed by atoms with Gasteiger partial charge in [0.15, 0.2) is 0 Å². The van der Waals surface area contributed by atoms with Crippen LogP contribution in [0.1, 0.15) is 69.8 Å². The minimum absolute atomic E-state index is 0.0343. The van der Waals surface area contributed by atoms with Crippen molar-refractivity contribution in [1.29, 1.82) is 0 Å². The second kappa shape index (κ2) is 12.1. The molecule has 3 aromatic carbocycles. The van der Waals surface area contributed by atoms with E-state index in [1.165, 1.54) is 4.90 Å². The lowest BCUT2D eigenvalue weighted by Gasteiger charge is -2.26. The number of carbonyl (C=O) groups excluding carboxylic acids is 2. The Hall–Kier alpha value is -4.26. The Morgan fingerprint density at radius 2 is 1.68 bits per heavy atom. The van der Waals surface area contributed by atoms with Gasteiger partial charge in [-0.15, -0.1) is 0 Å². The number of likely N-dealkylation sites (tertiary alicyclic amines) is 1. The highest BCUT2D eigenvalue weighted by molar-refractivity contribution is 6.46. The third-order valence-corrected chi connectivity index (χ3v) is 6.96. The molecule has 1 aliphatic rings. The Kier molecular flexibility index (Phi) is 8.76. The number of carbonyl (C=O) groups is 2. The molecule has 7 heteroatoms. The van der Waals surface area contributed by atoms with Gasteiger partial charge in [-0.25, -0.2) is 0 Å². The first kappa shape index (κ1) is 29.7. The van der Waals surface area contributed by atoms with Crippen LogP contribution >= 0.6 is 0 Å². The molecule has 1 saturated heterocycles. The zero-order valence-corrected chi connectivity index (χ0v) is 24.9. The third kappa shape index (κ3) is 6.40. The predicted octanol–water partition coefficient (Wildman–Crippen LogP) is 6.80. The first-order chi connectivity index (χ1) is 19.4.